The van der Waals surface area contributed by atoms with Gasteiger partial charge in [0.05, 0.1) is 6.33 Å². The van der Waals surface area contributed by atoms with Crippen LogP contribution in [-0.2, 0) is 6.54 Å². The van der Waals surface area contributed by atoms with Crippen LogP contribution < -0.4 is 5.73 Å². The van der Waals surface area contributed by atoms with Crippen molar-refractivity contribution in [2.75, 3.05) is 0 Å². The Hall–Kier alpha value is -2.13. The predicted octanol–water partition coefficient (Wildman–Crippen LogP) is 2.74. The van der Waals surface area contributed by atoms with Crippen molar-refractivity contribution in [3.05, 3.63) is 66.7 Å². The van der Waals surface area contributed by atoms with Crippen molar-refractivity contribution in [2.45, 2.75) is 12.6 Å². The van der Waals surface area contributed by atoms with Crippen LogP contribution in [-0.4, -0.2) is 9.55 Å². The van der Waals surface area contributed by atoms with Crippen LogP contribution in [0, 0.1) is 0 Å². The van der Waals surface area contributed by atoms with Gasteiger partial charge in [0, 0.05) is 25.0 Å². The van der Waals surface area contributed by atoms with Gasteiger partial charge in [0.2, 0.25) is 0 Å². The van der Waals surface area contributed by atoms with Crippen molar-refractivity contribution in [1.29, 1.82) is 0 Å². The fourth-order valence-electron chi connectivity index (χ4n) is 2.17. The van der Waals surface area contributed by atoms with E-state index in [9.17, 15) is 0 Å². The Morgan fingerprint density at radius 1 is 1.11 bits per heavy atom. The van der Waals surface area contributed by atoms with Crippen LogP contribution >= 0.6 is 0 Å². The molecule has 0 saturated heterocycles. The predicted molar refractivity (Wildman–Crippen MR) is 73.1 cm³/mol. The van der Waals surface area contributed by atoms with Crippen molar-refractivity contribution < 1.29 is 0 Å². The zero-order valence-electron chi connectivity index (χ0n) is 10.0. The van der Waals surface area contributed by atoms with E-state index in [2.05, 4.69) is 35.3 Å². The van der Waals surface area contributed by atoms with E-state index in [1.165, 1.54) is 10.8 Å². The second-order valence-corrected chi connectivity index (χ2v) is 4.47. The van der Waals surface area contributed by atoms with Crippen molar-refractivity contribution in [3.8, 4) is 0 Å². The molecule has 0 radical (unpaired) electrons. The number of benzene rings is 2. The zero-order valence-corrected chi connectivity index (χ0v) is 10.0. The minimum Gasteiger partial charge on any atom is -0.336 e. The molecule has 2 aromatic carbocycles. The fraction of sp³-hybridized carbons (Fsp3) is 0.133. The van der Waals surface area contributed by atoms with Gasteiger partial charge < -0.3 is 10.3 Å². The molecule has 1 unspecified atom stereocenters. The molecule has 3 aromatic rings. The summed E-state index contributed by atoms with van der Waals surface area (Å²) in [6.45, 7) is 0.748. The molecule has 1 atom stereocenters. The van der Waals surface area contributed by atoms with Gasteiger partial charge in [-0.15, -0.1) is 0 Å². The number of aromatic nitrogens is 2. The van der Waals surface area contributed by atoms with E-state index in [1.807, 2.05) is 22.9 Å². The standard InChI is InChI=1S/C15H15N3/c16-15(10-18-8-7-17-11-18)14-6-5-12-3-1-2-4-13(12)9-14/h1-9,11,15H,10,16H2. The Morgan fingerprint density at radius 3 is 2.72 bits per heavy atom. The number of nitrogens with zero attached hydrogens (tertiary/aromatic N) is 2. The highest BCUT2D eigenvalue weighted by Gasteiger charge is 2.07. The smallest absolute Gasteiger partial charge is 0.0946 e. The molecular weight excluding hydrogens is 222 g/mol. The monoisotopic (exact) mass is 237 g/mol. The first-order chi connectivity index (χ1) is 8.83. The van der Waals surface area contributed by atoms with Crippen molar-refractivity contribution in [3.63, 3.8) is 0 Å². The van der Waals surface area contributed by atoms with E-state index in [-0.39, 0.29) is 6.04 Å². The van der Waals surface area contributed by atoms with Gasteiger partial charge >= 0.3 is 0 Å². The second kappa shape index (κ2) is 4.63. The zero-order chi connectivity index (χ0) is 12.4. The summed E-state index contributed by atoms with van der Waals surface area (Å²) < 4.78 is 2.00. The first-order valence-corrected chi connectivity index (χ1v) is 6.03. The lowest BCUT2D eigenvalue weighted by atomic mass is 10.0. The minimum atomic E-state index is -0.0104. The van der Waals surface area contributed by atoms with E-state index in [0.29, 0.717) is 0 Å². The van der Waals surface area contributed by atoms with Gasteiger partial charge in [-0.25, -0.2) is 4.98 Å². The van der Waals surface area contributed by atoms with Gasteiger partial charge in [-0.05, 0) is 22.4 Å². The average molecular weight is 237 g/mol. The maximum Gasteiger partial charge on any atom is 0.0946 e. The van der Waals surface area contributed by atoms with Crippen LogP contribution in [0.4, 0.5) is 0 Å². The summed E-state index contributed by atoms with van der Waals surface area (Å²) in [4.78, 5) is 4.03. The Bertz CT molecular complexity index is 644. The highest BCUT2D eigenvalue weighted by molar-refractivity contribution is 5.83. The molecule has 18 heavy (non-hydrogen) atoms. The third kappa shape index (κ3) is 2.13. The lowest BCUT2D eigenvalue weighted by Crippen LogP contribution is -2.16. The average Bonchev–Trinajstić information content (AvgIpc) is 2.91. The lowest BCUT2D eigenvalue weighted by molar-refractivity contribution is 0.577. The molecule has 0 spiro atoms. The maximum atomic E-state index is 6.23. The SMILES string of the molecule is NC(Cn1ccnc1)c1ccc2ccccc2c1. The number of nitrogens with two attached hydrogens (primary N) is 1. The summed E-state index contributed by atoms with van der Waals surface area (Å²) in [6.07, 6.45) is 5.49. The lowest BCUT2D eigenvalue weighted by Gasteiger charge is -2.13. The van der Waals surface area contributed by atoms with E-state index in [0.717, 1.165) is 12.1 Å². The van der Waals surface area contributed by atoms with Crippen LogP contribution in [0.1, 0.15) is 11.6 Å². The summed E-state index contributed by atoms with van der Waals surface area (Å²) in [5, 5.41) is 2.48. The molecule has 90 valence electrons. The fourth-order valence-corrected chi connectivity index (χ4v) is 2.17. The molecule has 0 bridgehead atoms. The summed E-state index contributed by atoms with van der Waals surface area (Å²) in [5.41, 5.74) is 7.38. The van der Waals surface area contributed by atoms with E-state index in [1.54, 1.807) is 12.5 Å². The largest absolute Gasteiger partial charge is 0.336 e. The second-order valence-electron chi connectivity index (χ2n) is 4.47. The molecule has 0 aliphatic heterocycles. The Labute approximate surface area is 106 Å². The first kappa shape index (κ1) is 11.0. The number of imidazole rings is 1. The normalized spacial score (nSPS) is 12.7. The van der Waals surface area contributed by atoms with Gasteiger partial charge in [-0.3, -0.25) is 0 Å². The number of hydrogen-bond acceptors (Lipinski definition) is 2. The molecule has 0 amide bonds. The van der Waals surface area contributed by atoms with Crippen LogP contribution in [0.2, 0.25) is 0 Å². The summed E-state index contributed by atoms with van der Waals surface area (Å²) in [6, 6.07) is 14.7. The van der Waals surface area contributed by atoms with Crippen LogP contribution in [0.25, 0.3) is 10.8 Å². The van der Waals surface area contributed by atoms with Crippen molar-refractivity contribution in [2.24, 2.45) is 5.73 Å². The molecule has 3 heteroatoms. The maximum absolute atomic E-state index is 6.23. The molecule has 0 saturated carbocycles. The van der Waals surface area contributed by atoms with Crippen molar-refractivity contribution in [1.82, 2.24) is 9.55 Å². The molecule has 0 aliphatic carbocycles. The molecule has 2 N–H and O–H groups in total. The molecular formula is C15H15N3. The summed E-state index contributed by atoms with van der Waals surface area (Å²) in [7, 11) is 0. The Morgan fingerprint density at radius 2 is 1.94 bits per heavy atom. The molecule has 0 aliphatic rings. The van der Waals surface area contributed by atoms with Crippen LogP contribution in [0.15, 0.2) is 61.2 Å². The third-order valence-corrected chi connectivity index (χ3v) is 3.17. The van der Waals surface area contributed by atoms with Gasteiger partial charge in [0.1, 0.15) is 0 Å². The topological polar surface area (TPSA) is 43.8 Å². The molecule has 0 fully saturated rings. The number of fused-ring (bicyclic) bond motifs is 1. The van der Waals surface area contributed by atoms with E-state index < -0.39 is 0 Å². The number of rotatable bonds is 3. The van der Waals surface area contributed by atoms with Crippen LogP contribution in [0.5, 0.6) is 0 Å². The van der Waals surface area contributed by atoms with Gasteiger partial charge in [-0.1, -0.05) is 36.4 Å². The van der Waals surface area contributed by atoms with E-state index >= 15 is 0 Å². The van der Waals surface area contributed by atoms with Gasteiger partial charge in [0.25, 0.3) is 0 Å². The molecule has 3 rings (SSSR count). The Kier molecular flexibility index (Phi) is 2.82. The Balaban J connectivity index is 1.89. The molecule has 1 aromatic heterocycles. The first-order valence-electron chi connectivity index (χ1n) is 6.03. The molecule has 1 heterocycles. The van der Waals surface area contributed by atoms with Crippen molar-refractivity contribution >= 4 is 10.8 Å². The highest BCUT2D eigenvalue weighted by Crippen LogP contribution is 2.20. The van der Waals surface area contributed by atoms with Crippen LogP contribution in [0.3, 0.4) is 0 Å². The van der Waals surface area contributed by atoms with E-state index in [4.69, 9.17) is 5.73 Å². The highest BCUT2D eigenvalue weighted by atomic mass is 15.0. The molecule has 3 nitrogen and oxygen atoms in total. The van der Waals surface area contributed by atoms with Gasteiger partial charge in [-0.2, -0.15) is 0 Å². The summed E-state index contributed by atoms with van der Waals surface area (Å²) in [5.74, 6) is 0. The quantitative estimate of drug-likeness (QED) is 0.761. The van der Waals surface area contributed by atoms with Gasteiger partial charge in [0.15, 0.2) is 0 Å². The number of hydrogen-bond donors (Lipinski definition) is 1. The summed E-state index contributed by atoms with van der Waals surface area (Å²) >= 11 is 0. The third-order valence-electron chi connectivity index (χ3n) is 3.17. The minimum absolute atomic E-state index is 0.0104.